The van der Waals surface area contributed by atoms with E-state index >= 15 is 0 Å². The summed E-state index contributed by atoms with van der Waals surface area (Å²) in [5, 5.41) is 12.8. The van der Waals surface area contributed by atoms with Crippen molar-refractivity contribution in [2.75, 3.05) is 11.1 Å². The highest BCUT2D eigenvalue weighted by Crippen LogP contribution is 2.24. The fourth-order valence-corrected chi connectivity index (χ4v) is 3.91. The fourth-order valence-electron chi connectivity index (χ4n) is 2.88. The molecule has 162 valence electrons. The number of thioether (sulfide) groups is 1. The molecule has 9 heteroatoms. The van der Waals surface area contributed by atoms with E-state index in [4.69, 9.17) is 16.3 Å². The Bertz CT molecular complexity index is 1150. The summed E-state index contributed by atoms with van der Waals surface area (Å²) in [7, 11) is 0. The van der Waals surface area contributed by atoms with E-state index in [0.29, 0.717) is 39.7 Å². The number of para-hydroxylation sites is 1. The van der Waals surface area contributed by atoms with Crippen LogP contribution in [-0.4, -0.2) is 31.4 Å². The minimum absolute atomic E-state index is 0.103. The van der Waals surface area contributed by atoms with Crippen LogP contribution in [0.5, 0.6) is 5.75 Å². The van der Waals surface area contributed by atoms with Crippen LogP contribution in [0.1, 0.15) is 12.2 Å². The number of carbonyl (C=O) groups is 1. The number of benzene rings is 2. The molecule has 0 saturated carbocycles. The summed E-state index contributed by atoms with van der Waals surface area (Å²) in [5.74, 6) is 2.33. The predicted octanol–water partition coefficient (Wildman–Crippen LogP) is 5.02. The summed E-state index contributed by atoms with van der Waals surface area (Å²) in [6.45, 7) is 0.240. The molecule has 0 aliphatic rings. The Morgan fingerprint density at radius 1 is 1.00 bits per heavy atom. The summed E-state index contributed by atoms with van der Waals surface area (Å²) in [6.07, 6.45) is 1.96. The Morgan fingerprint density at radius 2 is 1.78 bits per heavy atom. The van der Waals surface area contributed by atoms with Crippen molar-refractivity contribution in [3.05, 3.63) is 89.8 Å². The molecule has 1 amide bonds. The summed E-state index contributed by atoms with van der Waals surface area (Å²) >= 11 is 7.40. The van der Waals surface area contributed by atoms with E-state index < -0.39 is 0 Å². The number of hydrogen-bond acceptors (Lipinski definition) is 6. The first-order chi connectivity index (χ1) is 15.7. The van der Waals surface area contributed by atoms with Crippen LogP contribution in [0.4, 0.5) is 5.82 Å². The number of rotatable bonds is 9. The number of halogens is 1. The lowest BCUT2D eigenvalue weighted by Gasteiger charge is -2.11. The van der Waals surface area contributed by atoms with Gasteiger partial charge in [-0.1, -0.05) is 47.6 Å². The molecule has 0 saturated heterocycles. The second-order valence-electron chi connectivity index (χ2n) is 6.67. The predicted molar refractivity (Wildman–Crippen MR) is 125 cm³/mol. The van der Waals surface area contributed by atoms with Gasteiger partial charge in [0.25, 0.3) is 0 Å². The number of aromatic nitrogens is 4. The quantitative estimate of drug-likeness (QED) is 0.350. The van der Waals surface area contributed by atoms with Gasteiger partial charge in [-0.3, -0.25) is 9.36 Å². The minimum Gasteiger partial charge on any atom is -0.486 e. The lowest BCUT2D eigenvalue weighted by atomic mass is 10.3. The van der Waals surface area contributed by atoms with Crippen molar-refractivity contribution >= 4 is 35.1 Å². The Morgan fingerprint density at radius 3 is 2.53 bits per heavy atom. The lowest BCUT2D eigenvalue weighted by molar-refractivity contribution is -0.115. The lowest BCUT2D eigenvalue weighted by Crippen LogP contribution is -2.13. The van der Waals surface area contributed by atoms with Crippen LogP contribution in [0.3, 0.4) is 0 Å². The smallest absolute Gasteiger partial charge is 0.226 e. The molecular weight excluding hydrogens is 446 g/mol. The van der Waals surface area contributed by atoms with Gasteiger partial charge in [-0.05, 0) is 48.5 Å². The van der Waals surface area contributed by atoms with Crippen LogP contribution in [0.15, 0.2) is 84.1 Å². The van der Waals surface area contributed by atoms with Crippen LogP contribution >= 0.6 is 23.4 Å². The van der Waals surface area contributed by atoms with Crippen LogP contribution < -0.4 is 10.1 Å². The van der Waals surface area contributed by atoms with Gasteiger partial charge in [-0.2, -0.15) is 0 Å². The van der Waals surface area contributed by atoms with Crippen molar-refractivity contribution in [2.45, 2.75) is 18.2 Å². The fraction of sp³-hybridized carbons (Fsp3) is 0.130. The molecule has 0 fully saturated rings. The molecule has 0 aliphatic carbocycles. The molecule has 0 aliphatic heterocycles. The molecule has 0 atom stereocenters. The summed E-state index contributed by atoms with van der Waals surface area (Å²) < 4.78 is 7.81. The van der Waals surface area contributed by atoms with E-state index in [9.17, 15) is 4.79 Å². The maximum Gasteiger partial charge on any atom is 0.226 e. The monoisotopic (exact) mass is 465 g/mol. The van der Waals surface area contributed by atoms with Gasteiger partial charge in [0.2, 0.25) is 5.91 Å². The number of nitrogens with one attached hydrogen (secondary N) is 1. The SMILES string of the molecule is O=C(CCSc1nnc(COc2ccc(Cl)cc2)n1-c1ccccc1)Nc1ccccn1. The van der Waals surface area contributed by atoms with E-state index in [1.165, 1.54) is 11.8 Å². The molecule has 0 bridgehead atoms. The molecule has 4 rings (SSSR count). The van der Waals surface area contributed by atoms with Crippen LogP contribution in [-0.2, 0) is 11.4 Å². The second-order valence-corrected chi connectivity index (χ2v) is 8.17. The van der Waals surface area contributed by atoms with E-state index in [1.54, 1.807) is 42.6 Å². The molecule has 32 heavy (non-hydrogen) atoms. The van der Waals surface area contributed by atoms with Crippen molar-refractivity contribution in [2.24, 2.45) is 0 Å². The Hall–Kier alpha value is -3.36. The van der Waals surface area contributed by atoms with Crippen molar-refractivity contribution < 1.29 is 9.53 Å². The van der Waals surface area contributed by atoms with Gasteiger partial charge in [0.1, 0.15) is 18.2 Å². The third-order valence-corrected chi connectivity index (χ3v) is 5.57. The van der Waals surface area contributed by atoms with Crippen LogP contribution in [0.2, 0.25) is 5.02 Å². The van der Waals surface area contributed by atoms with E-state index in [-0.39, 0.29) is 12.5 Å². The summed E-state index contributed by atoms with van der Waals surface area (Å²) in [5.41, 5.74) is 0.924. The molecule has 1 N–H and O–H groups in total. The molecule has 2 aromatic heterocycles. The first-order valence-electron chi connectivity index (χ1n) is 9.91. The van der Waals surface area contributed by atoms with E-state index in [2.05, 4.69) is 20.5 Å². The number of amides is 1. The summed E-state index contributed by atoms with van der Waals surface area (Å²) in [4.78, 5) is 16.3. The van der Waals surface area contributed by atoms with Crippen molar-refractivity contribution in [1.82, 2.24) is 19.7 Å². The van der Waals surface area contributed by atoms with Crippen LogP contribution in [0, 0.1) is 0 Å². The van der Waals surface area contributed by atoms with Crippen molar-refractivity contribution in [3.8, 4) is 11.4 Å². The van der Waals surface area contributed by atoms with Crippen molar-refractivity contribution in [3.63, 3.8) is 0 Å². The molecule has 2 heterocycles. The first kappa shape index (κ1) is 21.9. The highest BCUT2D eigenvalue weighted by atomic mass is 35.5. The zero-order valence-electron chi connectivity index (χ0n) is 17.0. The topological polar surface area (TPSA) is 81.9 Å². The average Bonchev–Trinajstić information content (AvgIpc) is 3.22. The highest BCUT2D eigenvalue weighted by molar-refractivity contribution is 7.99. The molecule has 7 nitrogen and oxygen atoms in total. The van der Waals surface area contributed by atoms with Gasteiger partial charge in [0.05, 0.1) is 0 Å². The highest BCUT2D eigenvalue weighted by Gasteiger charge is 2.16. The number of pyridine rings is 1. The average molecular weight is 466 g/mol. The molecule has 4 aromatic rings. The standard InChI is InChI=1S/C23H20ClN5O2S/c24-17-9-11-19(12-10-17)31-16-21-27-28-23(29(21)18-6-2-1-3-7-18)32-15-13-22(30)26-20-8-4-5-14-25-20/h1-12,14H,13,15-16H2,(H,25,26,30). The van der Waals surface area contributed by atoms with E-state index in [1.807, 2.05) is 41.0 Å². The molecular formula is C23H20ClN5O2S. The maximum absolute atomic E-state index is 12.2. The largest absolute Gasteiger partial charge is 0.486 e. The van der Waals surface area contributed by atoms with Gasteiger partial charge >= 0.3 is 0 Å². The van der Waals surface area contributed by atoms with Gasteiger partial charge in [-0.15, -0.1) is 10.2 Å². The molecule has 0 spiro atoms. The van der Waals surface area contributed by atoms with Crippen molar-refractivity contribution in [1.29, 1.82) is 0 Å². The third kappa shape index (κ3) is 5.87. The Kier molecular flexibility index (Phi) is 7.37. The van der Waals surface area contributed by atoms with Gasteiger partial charge in [0, 0.05) is 29.1 Å². The second kappa shape index (κ2) is 10.8. The number of carbonyl (C=O) groups excluding carboxylic acids is 1. The Balaban J connectivity index is 1.43. The maximum atomic E-state index is 12.2. The normalized spacial score (nSPS) is 10.7. The zero-order valence-corrected chi connectivity index (χ0v) is 18.6. The van der Waals surface area contributed by atoms with E-state index in [0.717, 1.165) is 5.69 Å². The third-order valence-electron chi connectivity index (χ3n) is 4.39. The van der Waals surface area contributed by atoms with Gasteiger partial charge in [-0.25, -0.2) is 4.98 Å². The first-order valence-corrected chi connectivity index (χ1v) is 11.3. The number of anilines is 1. The number of hydrogen-bond donors (Lipinski definition) is 1. The Labute approximate surface area is 194 Å². The summed E-state index contributed by atoms with van der Waals surface area (Å²) in [6, 6.07) is 22.4. The number of ether oxygens (including phenoxy) is 1. The van der Waals surface area contributed by atoms with Gasteiger partial charge < -0.3 is 10.1 Å². The molecule has 0 radical (unpaired) electrons. The number of nitrogens with zero attached hydrogens (tertiary/aromatic N) is 4. The van der Waals surface area contributed by atoms with Crippen LogP contribution in [0.25, 0.3) is 5.69 Å². The zero-order chi connectivity index (χ0) is 22.2. The minimum atomic E-state index is -0.103. The molecule has 2 aromatic carbocycles. The molecule has 0 unspecified atom stereocenters. The van der Waals surface area contributed by atoms with Gasteiger partial charge in [0.15, 0.2) is 11.0 Å².